The Hall–Kier alpha value is -0.770. The van der Waals surface area contributed by atoms with Crippen LogP contribution in [0.15, 0.2) is 30.5 Å². The Morgan fingerprint density at radius 3 is 2.88 bits per heavy atom. The molecule has 1 N–H and O–H groups in total. The summed E-state index contributed by atoms with van der Waals surface area (Å²) >= 11 is 0. The van der Waals surface area contributed by atoms with E-state index >= 15 is 0 Å². The van der Waals surface area contributed by atoms with Crippen LogP contribution >= 0.6 is 0 Å². The van der Waals surface area contributed by atoms with E-state index in [1.54, 1.807) is 6.20 Å². The van der Waals surface area contributed by atoms with Crippen molar-refractivity contribution in [1.82, 2.24) is 4.98 Å². The first-order valence-corrected chi connectivity index (χ1v) is 5.08. The van der Waals surface area contributed by atoms with Gasteiger partial charge in [-0.3, -0.25) is 4.79 Å². The number of para-hydroxylation sites is 1. The predicted octanol–water partition coefficient (Wildman–Crippen LogP) is 2.22. The minimum atomic E-state index is -0.178. The number of H-pyrrole nitrogens is 1. The molecule has 0 amide bonds. The average molecular weight is 227 g/mol. The Labute approximate surface area is 116 Å². The molecule has 4 heteroatoms. The summed E-state index contributed by atoms with van der Waals surface area (Å²) in [5.74, 6) is 0.436. The van der Waals surface area contributed by atoms with Crippen LogP contribution in [0.2, 0.25) is 0 Å². The van der Waals surface area contributed by atoms with E-state index in [0.717, 1.165) is 17.3 Å². The van der Waals surface area contributed by atoms with Crippen LogP contribution in [0.1, 0.15) is 19.8 Å². The molecule has 0 unspecified atom stereocenters. The Morgan fingerprint density at radius 2 is 2.12 bits per heavy atom. The Kier molecular flexibility index (Phi) is 5.06. The number of hydrogen-bond acceptors (Lipinski definition) is 2. The zero-order chi connectivity index (χ0) is 10.7. The van der Waals surface area contributed by atoms with Crippen molar-refractivity contribution in [2.45, 2.75) is 19.8 Å². The maximum atomic E-state index is 11.3. The fourth-order valence-corrected chi connectivity index (χ4v) is 1.51. The monoisotopic (exact) mass is 227 g/mol. The van der Waals surface area contributed by atoms with Gasteiger partial charge in [-0.25, -0.2) is 0 Å². The van der Waals surface area contributed by atoms with Crippen LogP contribution in [0.4, 0.5) is 0 Å². The number of carbonyl (C=O) groups is 1. The van der Waals surface area contributed by atoms with Gasteiger partial charge in [0.2, 0.25) is 0 Å². The molecule has 0 saturated carbocycles. The molecule has 1 aromatic carbocycles. The third kappa shape index (κ3) is 2.88. The van der Waals surface area contributed by atoms with Gasteiger partial charge in [-0.2, -0.15) is 0 Å². The number of nitrogens with one attached hydrogen (secondary N) is 1. The second-order valence-corrected chi connectivity index (χ2v) is 3.42. The van der Waals surface area contributed by atoms with Crippen LogP contribution in [0.3, 0.4) is 0 Å². The summed E-state index contributed by atoms with van der Waals surface area (Å²) in [5, 5.41) is 0.946. The van der Waals surface area contributed by atoms with E-state index in [2.05, 4.69) is 4.98 Å². The van der Waals surface area contributed by atoms with Crippen molar-refractivity contribution in [2.75, 3.05) is 0 Å². The first kappa shape index (κ1) is 13.3. The third-order valence-electron chi connectivity index (χ3n) is 2.23. The van der Waals surface area contributed by atoms with Gasteiger partial charge in [0.15, 0.2) is 5.75 Å². The van der Waals surface area contributed by atoms with Crippen molar-refractivity contribution in [2.24, 2.45) is 0 Å². The molecule has 0 saturated heterocycles. The number of fused-ring (bicyclic) bond motifs is 1. The van der Waals surface area contributed by atoms with Crippen LogP contribution in [0, 0.1) is 0 Å². The zero-order valence-electron chi connectivity index (χ0n) is 8.62. The van der Waals surface area contributed by atoms with Crippen molar-refractivity contribution in [1.29, 1.82) is 0 Å². The molecule has 0 bridgehead atoms. The molecule has 0 fully saturated rings. The van der Waals surface area contributed by atoms with Gasteiger partial charge in [-0.15, -0.1) is 0 Å². The van der Waals surface area contributed by atoms with Gasteiger partial charge in [0.1, 0.15) is 0 Å². The number of esters is 1. The van der Waals surface area contributed by atoms with Crippen molar-refractivity contribution < 1.29 is 9.53 Å². The molecule has 0 radical (unpaired) electrons. The summed E-state index contributed by atoms with van der Waals surface area (Å²) in [6, 6.07) is 7.75. The summed E-state index contributed by atoms with van der Waals surface area (Å²) < 4.78 is 5.24. The fourth-order valence-electron chi connectivity index (χ4n) is 1.51. The number of aromatic nitrogens is 1. The van der Waals surface area contributed by atoms with Gasteiger partial charge in [0.25, 0.3) is 0 Å². The van der Waals surface area contributed by atoms with E-state index in [1.165, 1.54) is 0 Å². The first-order valence-electron chi connectivity index (χ1n) is 5.08. The van der Waals surface area contributed by atoms with Crippen molar-refractivity contribution >= 4 is 46.4 Å². The Bertz CT molecular complexity index is 479. The van der Waals surface area contributed by atoms with Crippen molar-refractivity contribution in [3.05, 3.63) is 30.5 Å². The molecule has 80 valence electrons. The number of carbonyl (C=O) groups excluding carboxylic acids is 1. The molecule has 3 nitrogen and oxygen atoms in total. The third-order valence-corrected chi connectivity index (χ3v) is 2.23. The molecule has 2 rings (SSSR count). The minimum absolute atomic E-state index is 0. The summed E-state index contributed by atoms with van der Waals surface area (Å²) in [6.07, 6.45) is 2.99. The molecule has 2 aromatic rings. The SMILES string of the molecule is CCCC(=O)Oc1c[nH]c2ccccc12.[NaH]. The topological polar surface area (TPSA) is 42.1 Å². The van der Waals surface area contributed by atoms with E-state index in [4.69, 9.17) is 4.74 Å². The van der Waals surface area contributed by atoms with E-state index in [1.807, 2.05) is 31.2 Å². The number of rotatable bonds is 3. The molecule has 0 spiro atoms. The second kappa shape index (κ2) is 6.09. The van der Waals surface area contributed by atoms with Gasteiger partial charge in [0, 0.05) is 23.5 Å². The molecule has 0 aliphatic rings. The normalized spacial score (nSPS) is 9.81. The molecule has 1 aromatic heterocycles. The van der Waals surface area contributed by atoms with E-state index in [0.29, 0.717) is 12.2 Å². The van der Waals surface area contributed by atoms with Gasteiger partial charge in [0.05, 0.1) is 0 Å². The van der Waals surface area contributed by atoms with Crippen LogP contribution in [0.25, 0.3) is 10.9 Å². The van der Waals surface area contributed by atoms with Crippen LogP contribution in [-0.4, -0.2) is 40.5 Å². The molecule has 0 atom stereocenters. The van der Waals surface area contributed by atoms with Gasteiger partial charge < -0.3 is 9.72 Å². The second-order valence-electron chi connectivity index (χ2n) is 3.42. The maximum absolute atomic E-state index is 11.3. The van der Waals surface area contributed by atoms with Crippen LogP contribution < -0.4 is 4.74 Å². The number of ether oxygens (including phenoxy) is 1. The summed E-state index contributed by atoms with van der Waals surface area (Å²) in [5.41, 5.74) is 0.983. The first-order chi connectivity index (χ1) is 7.31. The van der Waals surface area contributed by atoms with E-state index in [9.17, 15) is 4.79 Å². The molecule has 0 aliphatic carbocycles. The quantitative estimate of drug-likeness (QED) is 0.645. The van der Waals surface area contributed by atoms with Crippen LogP contribution in [0.5, 0.6) is 5.75 Å². The molecular weight excluding hydrogens is 213 g/mol. The van der Waals surface area contributed by atoms with Crippen molar-refractivity contribution in [3.8, 4) is 5.75 Å². The molecule has 1 heterocycles. The predicted molar refractivity (Wildman–Crippen MR) is 66.0 cm³/mol. The summed E-state index contributed by atoms with van der Waals surface area (Å²) in [7, 11) is 0. The fraction of sp³-hybridized carbons (Fsp3) is 0.250. The Balaban J connectivity index is 0.00000128. The Morgan fingerprint density at radius 1 is 1.38 bits per heavy atom. The van der Waals surface area contributed by atoms with Gasteiger partial charge in [-0.05, 0) is 18.6 Å². The molecule has 0 aliphatic heterocycles. The van der Waals surface area contributed by atoms with Gasteiger partial charge >= 0.3 is 35.5 Å². The standard InChI is InChI=1S/C12H13NO2.Na.H/c1-2-5-12(14)15-11-8-13-10-7-4-3-6-9(10)11;;/h3-4,6-8,13H,2,5H2,1H3;;. The number of hydrogen-bond donors (Lipinski definition) is 1. The number of aromatic amines is 1. The zero-order valence-corrected chi connectivity index (χ0v) is 8.62. The molecule has 16 heavy (non-hydrogen) atoms. The summed E-state index contributed by atoms with van der Waals surface area (Å²) in [4.78, 5) is 14.4. The number of benzene rings is 1. The summed E-state index contributed by atoms with van der Waals surface area (Å²) in [6.45, 7) is 1.95. The van der Waals surface area contributed by atoms with Crippen molar-refractivity contribution in [3.63, 3.8) is 0 Å². The van der Waals surface area contributed by atoms with E-state index < -0.39 is 0 Å². The van der Waals surface area contributed by atoms with Gasteiger partial charge in [-0.1, -0.05) is 19.1 Å². The van der Waals surface area contributed by atoms with E-state index in [-0.39, 0.29) is 35.5 Å². The molecular formula is C12H14NNaO2. The average Bonchev–Trinajstić information content (AvgIpc) is 2.62. The van der Waals surface area contributed by atoms with Crippen LogP contribution in [-0.2, 0) is 4.79 Å².